The van der Waals surface area contributed by atoms with Crippen molar-refractivity contribution < 1.29 is 14.3 Å². The summed E-state index contributed by atoms with van der Waals surface area (Å²) in [6.45, 7) is 0.263. The van der Waals surface area contributed by atoms with Crippen molar-refractivity contribution in [2.24, 2.45) is 0 Å². The first-order valence-corrected chi connectivity index (χ1v) is 9.85. The molecule has 152 valence electrons. The zero-order chi connectivity index (χ0) is 21.6. The van der Waals surface area contributed by atoms with Crippen LogP contribution >= 0.6 is 0 Å². The zero-order valence-electron chi connectivity index (χ0n) is 17.0. The Morgan fingerprint density at radius 2 is 1.58 bits per heavy atom. The van der Waals surface area contributed by atoms with Gasteiger partial charge in [0, 0.05) is 10.8 Å². The van der Waals surface area contributed by atoms with Gasteiger partial charge in [-0.25, -0.2) is 9.78 Å². The van der Waals surface area contributed by atoms with Crippen LogP contribution < -0.4 is 4.74 Å². The van der Waals surface area contributed by atoms with E-state index in [-0.39, 0.29) is 18.0 Å². The van der Waals surface area contributed by atoms with Gasteiger partial charge in [-0.1, -0.05) is 72.8 Å². The lowest BCUT2D eigenvalue weighted by Gasteiger charge is -2.15. The minimum Gasteiger partial charge on any atom is -0.486 e. The van der Waals surface area contributed by atoms with Crippen molar-refractivity contribution in [3.63, 3.8) is 0 Å². The molecule has 0 bridgehead atoms. The minimum absolute atomic E-state index is 0.00158. The molecule has 0 N–H and O–H groups in total. The lowest BCUT2D eigenvalue weighted by molar-refractivity contribution is 0.0588. The van der Waals surface area contributed by atoms with E-state index in [4.69, 9.17) is 9.47 Å². The van der Waals surface area contributed by atoms with Crippen molar-refractivity contribution in [2.75, 3.05) is 7.11 Å². The lowest BCUT2D eigenvalue weighted by Crippen LogP contribution is -2.10. The summed E-state index contributed by atoms with van der Waals surface area (Å²) in [5.41, 5.74) is 3.32. The van der Waals surface area contributed by atoms with E-state index in [1.54, 1.807) is 0 Å². The van der Waals surface area contributed by atoms with Crippen molar-refractivity contribution in [3.8, 4) is 11.8 Å². The summed E-state index contributed by atoms with van der Waals surface area (Å²) in [4.78, 5) is 16.7. The number of ether oxygens (including phenoxy) is 2. The van der Waals surface area contributed by atoms with E-state index in [1.807, 2.05) is 66.7 Å². The van der Waals surface area contributed by atoms with Gasteiger partial charge < -0.3 is 9.47 Å². The highest BCUT2D eigenvalue weighted by Crippen LogP contribution is 2.33. The van der Waals surface area contributed by atoms with Gasteiger partial charge in [0.15, 0.2) is 11.4 Å². The van der Waals surface area contributed by atoms with E-state index in [2.05, 4.69) is 23.2 Å². The van der Waals surface area contributed by atoms with Crippen molar-refractivity contribution in [1.82, 2.24) is 4.98 Å². The maximum Gasteiger partial charge on any atom is 0.360 e. The van der Waals surface area contributed by atoms with E-state index in [0.29, 0.717) is 16.5 Å². The van der Waals surface area contributed by atoms with Gasteiger partial charge in [0.1, 0.15) is 18.4 Å². The fourth-order valence-electron chi connectivity index (χ4n) is 3.47. The molecule has 0 saturated carbocycles. The molecule has 0 unspecified atom stereocenters. The Morgan fingerprint density at radius 1 is 0.903 bits per heavy atom. The molecule has 3 aromatic carbocycles. The number of hydrogen-bond acceptors (Lipinski definition) is 5. The summed E-state index contributed by atoms with van der Waals surface area (Å²) in [6, 6.07) is 27.6. The topological polar surface area (TPSA) is 72.2 Å². The summed E-state index contributed by atoms with van der Waals surface area (Å²) >= 11 is 0. The fraction of sp³-hybridized carbons (Fsp3) is 0.115. The molecule has 5 heteroatoms. The molecule has 1 heterocycles. The average molecular weight is 408 g/mol. The summed E-state index contributed by atoms with van der Waals surface area (Å²) in [6.07, 6.45) is 0.723. The smallest absolute Gasteiger partial charge is 0.360 e. The highest BCUT2D eigenvalue weighted by atomic mass is 16.5. The monoisotopic (exact) mass is 408 g/mol. The molecule has 5 nitrogen and oxygen atoms in total. The van der Waals surface area contributed by atoms with Gasteiger partial charge in [-0.2, -0.15) is 5.26 Å². The highest BCUT2D eigenvalue weighted by Gasteiger charge is 2.22. The molecule has 0 amide bonds. The standard InChI is InChI=1S/C26H20N2O3/c1-30-26(29)24-25(31-17-19-10-6-3-7-11-19)21-13-12-20(14-18-8-4-2-5-9-18)15-22(21)23(16-27)28-24/h2-13,15H,14,17H2,1H3. The molecule has 0 aliphatic heterocycles. The van der Waals surface area contributed by atoms with Gasteiger partial charge in [-0.05, 0) is 29.2 Å². The first-order valence-electron chi connectivity index (χ1n) is 9.85. The van der Waals surface area contributed by atoms with Gasteiger partial charge >= 0.3 is 5.97 Å². The molecule has 0 aliphatic rings. The highest BCUT2D eigenvalue weighted by molar-refractivity contribution is 6.01. The number of fused-ring (bicyclic) bond motifs is 1. The molecule has 4 aromatic rings. The fourth-order valence-corrected chi connectivity index (χ4v) is 3.47. The van der Waals surface area contributed by atoms with Crippen LogP contribution in [-0.4, -0.2) is 18.1 Å². The zero-order valence-corrected chi connectivity index (χ0v) is 17.0. The summed E-state index contributed by atoms with van der Waals surface area (Å²) < 4.78 is 10.9. The van der Waals surface area contributed by atoms with Crippen LogP contribution in [0.5, 0.6) is 5.75 Å². The number of esters is 1. The number of benzene rings is 3. The number of methoxy groups -OCH3 is 1. The number of rotatable bonds is 6. The quantitative estimate of drug-likeness (QED) is 0.417. The molecular weight excluding hydrogens is 388 g/mol. The van der Waals surface area contributed by atoms with Crippen LogP contribution in [0.25, 0.3) is 10.8 Å². The van der Waals surface area contributed by atoms with E-state index in [1.165, 1.54) is 12.7 Å². The summed E-state index contributed by atoms with van der Waals surface area (Å²) in [7, 11) is 1.28. The average Bonchev–Trinajstić information content (AvgIpc) is 2.83. The molecule has 0 atom stereocenters. The number of nitriles is 1. The largest absolute Gasteiger partial charge is 0.486 e. The van der Waals surface area contributed by atoms with Gasteiger partial charge in [-0.3, -0.25) is 0 Å². The molecule has 4 rings (SSSR count). The third-order valence-corrected chi connectivity index (χ3v) is 4.98. The third kappa shape index (κ3) is 4.39. The Kier molecular flexibility index (Phi) is 5.91. The summed E-state index contributed by atoms with van der Waals surface area (Å²) in [5.74, 6) is -0.328. The minimum atomic E-state index is -0.644. The second kappa shape index (κ2) is 9.10. The predicted octanol–water partition coefficient (Wildman–Crippen LogP) is 5.06. The number of pyridine rings is 1. The van der Waals surface area contributed by atoms with Crippen LogP contribution in [0.15, 0.2) is 78.9 Å². The maximum atomic E-state index is 12.4. The number of nitrogens with zero attached hydrogens (tertiary/aromatic N) is 2. The molecule has 0 fully saturated rings. The number of hydrogen-bond donors (Lipinski definition) is 0. The molecule has 0 spiro atoms. The van der Waals surface area contributed by atoms with Crippen molar-refractivity contribution >= 4 is 16.7 Å². The third-order valence-electron chi connectivity index (χ3n) is 4.98. The van der Waals surface area contributed by atoms with Crippen LogP contribution in [0.1, 0.15) is 32.9 Å². The van der Waals surface area contributed by atoms with Crippen molar-refractivity contribution in [1.29, 1.82) is 5.26 Å². The number of aromatic nitrogens is 1. The van der Waals surface area contributed by atoms with E-state index in [0.717, 1.165) is 17.5 Å². The Hall–Kier alpha value is -4.17. The number of carbonyl (C=O) groups is 1. The van der Waals surface area contributed by atoms with Crippen LogP contribution in [0.4, 0.5) is 0 Å². The Bertz CT molecular complexity index is 1260. The Morgan fingerprint density at radius 3 is 2.23 bits per heavy atom. The van der Waals surface area contributed by atoms with Crippen molar-refractivity contribution in [3.05, 3.63) is 107 Å². The van der Waals surface area contributed by atoms with Crippen LogP contribution in [0.3, 0.4) is 0 Å². The molecular formula is C26H20N2O3. The van der Waals surface area contributed by atoms with Crippen LogP contribution in [0, 0.1) is 11.3 Å². The SMILES string of the molecule is COC(=O)c1nc(C#N)c2cc(Cc3ccccc3)ccc2c1OCc1ccccc1. The summed E-state index contributed by atoms with van der Waals surface area (Å²) in [5, 5.41) is 11.0. The molecule has 1 aromatic heterocycles. The Balaban J connectivity index is 1.80. The van der Waals surface area contributed by atoms with Gasteiger partial charge in [0.25, 0.3) is 0 Å². The van der Waals surface area contributed by atoms with Gasteiger partial charge in [0.05, 0.1) is 7.11 Å². The Labute approximate surface area is 180 Å². The van der Waals surface area contributed by atoms with Crippen LogP contribution in [0.2, 0.25) is 0 Å². The van der Waals surface area contributed by atoms with E-state index < -0.39 is 5.97 Å². The molecule has 31 heavy (non-hydrogen) atoms. The lowest BCUT2D eigenvalue weighted by atomic mass is 9.99. The first kappa shape index (κ1) is 20.1. The van der Waals surface area contributed by atoms with Crippen molar-refractivity contribution in [2.45, 2.75) is 13.0 Å². The molecule has 0 aliphatic carbocycles. The van der Waals surface area contributed by atoms with E-state index in [9.17, 15) is 10.1 Å². The normalized spacial score (nSPS) is 10.5. The molecule has 0 radical (unpaired) electrons. The maximum absolute atomic E-state index is 12.4. The second-order valence-corrected chi connectivity index (χ2v) is 7.06. The first-order chi connectivity index (χ1) is 15.2. The van der Waals surface area contributed by atoms with Gasteiger partial charge in [0.2, 0.25) is 0 Å². The number of carbonyl (C=O) groups excluding carboxylic acids is 1. The second-order valence-electron chi connectivity index (χ2n) is 7.06. The van der Waals surface area contributed by atoms with E-state index >= 15 is 0 Å². The van der Waals surface area contributed by atoms with Crippen LogP contribution in [-0.2, 0) is 17.8 Å². The predicted molar refractivity (Wildman–Crippen MR) is 118 cm³/mol. The van der Waals surface area contributed by atoms with Gasteiger partial charge in [-0.15, -0.1) is 0 Å². The molecule has 0 saturated heterocycles.